The van der Waals surface area contributed by atoms with Crippen molar-refractivity contribution in [1.29, 1.82) is 0 Å². The number of benzene rings is 2. The van der Waals surface area contributed by atoms with Crippen molar-refractivity contribution < 1.29 is 19.1 Å². The van der Waals surface area contributed by atoms with Crippen LogP contribution in [0.4, 0.5) is 0 Å². The fraction of sp³-hybridized carbons (Fsp3) is 0.412. The number of hydrogen-bond donors (Lipinski definition) is 2. The normalized spacial score (nSPS) is 25.1. The van der Waals surface area contributed by atoms with E-state index in [0.29, 0.717) is 44.3 Å². The van der Waals surface area contributed by atoms with E-state index in [0.717, 1.165) is 11.1 Å². The maximum Gasteiger partial charge on any atom is 0.314 e. The van der Waals surface area contributed by atoms with Crippen LogP contribution in [0, 0.1) is 17.3 Å². The topological polar surface area (TPSA) is 114 Å². The lowest BCUT2D eigenvalue weighted by atomic mass is 9.74. The van der Waals surface area contributed by atoms with Gasteiger partial charge in [0.1, 0.15) is 6.04 Å². The third-order valence-electron chi connectivity index (χ3n) is 8.61. The lowest BCUT2D eigenvalue weighted by Gasteiger charge is -2.42. The number of carbonyl (C=O) groups excluding carboxylic acids is 3. The summed E-state index contributed by atoms with van der Waals surface area (Å²) in [5.74, 6) is -0.667. The molecule has 8 nitrogen and oxygen atoms in total. The molecular weight excluding hydrogens is 528 g/mol. The number of amides is 2. The molecule has 0 aromatic heterocycles. The van der Waals surface area contributed by atoms with Crippen LogP contribution in [0.5, 0.6) is 0 Å². The molecule has 1 aliphatic carbocycles. The molecule has 0 saturated carbocycles. The van der Waals surface area contributed by atoms with Crippen LogP contribution >= 0.6 is 0 Å². The molecule has 0 radical (unpaired) electrons. The fourth-order valence-electron chi connectivity index (χ4n) is 6.45. The number of carbonyl (C=O) groups is 3. The van der Waals surface area contributed by atoms with Crippen LogP contribution in [0.2, 0.25) is 0 Å². The van der Waals surface area contributed by atoms with Crippen molar-refractivity contribution in [3.63, 3.8) is 0 Å². The lowest BCUT2D eigenvalue weighted by Crippen LogP contribution is -2.57. The molecule has 2 amide bonds. The van der Waals surface area contributed by atoms with Gasteiger partial charge >= 0.3 is 5.97 Å². The largest absolute Gasteiger partial charge is 0.466 e. The quantitative estimate of drug-likeness (QED) is 0.423. The summed E-state index contributed by atoms with van der Waals surface area (Å²) in [7, 11) is 0. The Balaban J connectivity index is 1.40. The van der Waals surface area contributed by atoms with Gasteiger partial charge in [0.05, 0.1) is 18.1 Å². The zero-order valence-corrected chi connectivity index (χ0v) is 24.2. The minimum Gasteiger partial charge on any atom is -0.466 e. The number of esters is 1. The molecule has 1 saturated heterocycles. The zero-order valence-electron chi connectivity index (χ0n) is 24.2. The minimum absolute atomic E-state index is 0.00949. The van der Waals surface area contributed by atoms with E-state index in [9.17, 15) is 14.4 Å². The van der Waals surface area contributed by atoms with Crippen LogP contribution in [-0.4, -0.2) is 60.7 Å². The van der Waals surface area contributed by atoms with E-state index in [-0.39, 0.29) is 48.8 Å². The standard InChI is InChI=1S/C34H40N4O4/c1-2-42-33(41)34(20-24-10-4-3-5-11-24)16-9-17-38(23-34)32(40)30(19-27-22-36-29-15-7-6-14-28(27)29)37-31(39)26-13-8-12-25(18-26)21-35/h3-8,10-15,18,22,27-30H,2,9,16-17,19-21,23,35H2,1H3,(H,37,39)/t27?,28?,29?,30-,34+/m1/s1. The first-order valence-electron chi connectivity index (χ1n) is 14.9. The summed E-state index contributed by atoms with van der Waals surface area (Å²) in [6.45, 7) is 3.14. The van der Waals surface area contributed by atoms with Crippen molar-refractivity contribution in [2.75, 3.05) is 19.7 Å². The second-order valence-corrected chi connectivity index (χ2v) is 11.5. The molecule has 3 aliphatic rings. The summed E-state index contributed by atoms with van der Waals surface area (Å²) in [4.78, 5) is 47.7. The highest BCUT2D eigenvalue weighted by Crippen LogP contribution is 2.37. The van der Waals surface area contributed by atoms with Gasteiger partial charge in [0, 0.05) is 43.2 Å². The highest BCUT2D eigenvalue weighted by molar-refractivity contribution is 5.98. The van der Waals surface area contributed by atoms with Crippen molar-refractivity contribution >= 4 is 24.0 Å². The molecule has 2 aromatic rings. The van der Waals surface area contributed by atoms with Crippen molar-refractivity contribution in [1.82, 2.24) is 10.2 Å². The number of nitrogens with zero attached hydrogens (tertiary/aromatic N) is 2. The highest BCUT2D eigenvalue weighted by Gasteiger charge is 2.46. The van der Waals surface area contributed by atoms with Gasteiger partial charge in [-0.25, -0.2) is 0 Å². The van der Waals surface area contributed by atoms with Gasteiger partial charge in [0.2, 0.25) is 5.91 Å². The molecule has 5 atom stereocenters. The maximum atomic E-state index is 14.3. The predicted octanol–water partition coefficient (Wildman–Crippen LogP) is 3.86. The molecule has 8 heteroatoms. The number of fused-ring (bicyclic) bond motifs is 1. The maximum absolute atomic E-state index is 14.3. The number of nitrogens with two attached hydrogens (primary N) is 1. The number of nitrogens with one attached hydrogen (secondary N) is 1. The Morgan fingerprint density at radius 3 is 2.67 bits per heavy atom. The van der Waals surface area contributed by atoms with E-state index < -0.39 is 11.5 Å². The van der Waals surface area contributed by atoms with Crippen LogP contribution in [0.3, 0.4) is 0 Å². The van der Waals surface area contributed by atoms with E-state index in [4.69, 9.17) is 10.5 Å². The number of ether oxygens (including phenoxy) is 1. The minimum atomic E-state index is -0.855. The van der Waals surface area contributed by atoms with Gasteiger partial charge in [-0.15, -0.1) is 0 Å². The van der Waals surface area contributed by atoms with E-state index >= 15 is 0 Å². The van der Waals surface area contributed by atoms with Crippen LogP contribution in [-0.2, 0) is 27.3 Å². The van der Waals surface area contributed by atoms with Gasteiger partial charge in [-0.2, -0.15) is 0 Å². The fourth-order valence-corrected chi connectivity index (χ4v) is 6.45. The third-order valence-corrected chi connectivity index (χ3v) is 8.61. The molecule has 1 fully saturated rings. The summed E-state index contributed by atoms with van der Waals surface area (Å²) < 4.78 is 5.57. The Hall–Kier alpha value is -4.04. The number of likely N-dealkylation sites (tertiary alicyclic amines) is 1. The molecule has 2 aliphatic heterocycles. The van der Waals surface area contributed by atoms with Crippen molar-refractivity contribution in [3.8, 4) is 0 Å². The number of piperidine rings is 1. The molecular formula is C34H40N4O4. The first-order chi connectivity index (χ1) is 20.4. The molecule has 0 bridgehead atoms. The van der Waals surface area contributed by atoms with Crippen molar-refractivity contribution in [2.24, 2.45) is 28.0 Å². The Morgan fingerprint density at radius 2 is 1.88 bits per heavy atom. The summed E-state index contributed by atoms with van der Waals surface area (Å²) in [5, 5.41) is 3.04. The first-order valence-corrected chi connectivity index (χ1v) is 14.9. The molecule has 42 heavy (non-hydrogen) atoms. The average molecular weight is 569 g/mol. The highest BCUT2D eigenvalue weighted by atomic mass is 16.5. The molecule has 3 N–H and O–H groups in total. The number of rotatable bonds is 10. The van der Waals surface area contributed by atoms with Gasteiger partial charge in [-0.05, 0) is 55.9 Å². The average Bonchev–Trinajstić information content (AvgIpc) is 3.43. The van der Waals surface area contributed by atoms with Gasteiger partial charge in [0.25, 0.3) is 5.91 Å². The molecule has 2 aromatic carbocycles. The Kier molecular flexibility index (Phi) is 9.32. The molecule has 220 valence electrons. The summed E-state index contributed by atoms with van der Waals surface area (Å²) in [6.07, 6.45) is 12.3. The third kappa shape index (κ3) is 6.54. The molecule has 3 unspecified atom stereocenters. The smallest absolute Gasteiger partial charge is 0.314 e. The van der Waals surface area contributed by atoms with Gasteiger partial charge in [-0.3, -0.25) is 19.4 Å². The second-order valence-electron chi connectivity index (χ2n) is 11.5. The Bertz CT molecular complexity index is 1370. The SMILES string of the molecule is CCOC(=O)[C@]1(Cc2ccccc2)CCCN(C(=O)[C@@H](CC2C=NC3C=CC=CC23)NC(=O)c2cccc(CN)c2)C1. The molecule has 5 rings (SSSR count). The molecule has 0 spiro atoms. The van der Waals surface area contributed by atoms with E-state index in [1.54, 1.807) is 30.0 Å². The summed E-state index contributed by atoms with van der Waals surface area (Å²) >= 11 is 0. The van der Waals surface area contributed by atoms with E-state index in [2.05, 4.69) is 22.5 Å². The van der Waals surface area contributed by atoms with Crippen LogP contribution < -0.4 is 11.1 Å². The zero-order chi connectivity index (χ0) is 29.5. The predicted molar refractivity (Wildman–Crippen MR) is 163 cm³/mol. The van der Waals surface area contributed by atoms with Crippen LogP contribution in [0.15, 0.2) is 83.9 Å². The first kappa shape index (κ1) is 29.5. The summed E-state index contributed by atoms with van der Waals surface area (Å²) in [5.41, 5.74) is 7.27. The van der Waals surface area contributed by atoms with Crippen molar-refractivity contribution in [3.05, 3.63) is 95.6 Å². The Labute approximate surface area is 247 Å². The summed E-state index contributed by atoms with van der Waals surface area (Å²) in [6, 6.07) is 16.3. The lowest BCUT2D eigenvalue weighted by molar-refractivity contribution is -0.161. The Morgan fingerprint density at radius 1 is 1.10 bits per heavy atom. The van der Waals surface area contributed by atoms with Crippen LogP contribution in [0.25, 0.3) is 0 Å². The van der Waals surface area contributed by atoms with Gasteiger partial charge in [0.15, 0.2) is 0 Å². The van der Waals surface area contributed by atoms with E-state index in [1.165, 1.54) is 0 Å². The number of allylic oxidation sites excluding steroid dienone is 2. The number of hydrogen-bond acceptors (Lipinski definition) is 6. The van der Waals surface area contributed by atoms with Gasteiger partial charge < -0.3 is 20.7 Å². The van der Waals surface area contributed by atoms with Gasteiger partial charge in [-0.1, -0.05) is 66.8 Å². The number of aliphatic imine (C=N–C) groups is 1. The van der Waals surface area contributed by atoms with Crippen LogP contribution in [0.1, 0.15) is 47.7 Å². The van der Waals surface area contributed by atoms with E-state index in [1.807, 2.05) is 54.8 Å². The monoisotopic (exact) mass is 568 g/mol. The second kappa shape index (κ2) is 13.3. The molecule has 2 heterocycles. The van der Waals surface area contributed by atoms with Crippen molar-refractivity contribution in [2.45, 2.75) is 51.2 Å².